The summed E-state index contributed by atoms with van der Waals surface area (Å²) in [5.74, 6) is 1.21. The first-order chi connectivity index (χ1) is 18.0. The molecule has 0 aliphatic carbocycles. The predicted octanol–water partition coefficient (Wildman–Crippen LogP) is 3.13. The predicted molar refractivity (Wildman–Crippen MR) is 146 cm³/mol. The van der Waals surface area contributed by atoms with E-state index in [1.165, 1.54) is 37.9 Å². The molecule has 0 bridgehead atoms. The number of guanidine groups is 1. The molecule has 0 aromatic heterocycles. The van der Waals surface area contributed by atoms with Gasteiger partial charge in [0.2, 0.25) is 16.0 Å². The highest BCUT2D eigenvalue weighted by Gasteiger charge is 2.13. The summed E-state index contributed by atoms with van der Waals surface area (Å²) in [5, 5.41) is 14.4. The molecule has 0 amide bonds. The van der Waals surface area contributed by atoms with Crippen molar-refractivity contribution >= 4 is 16.0 Å². The molecule has 1 fully saturated rings. The summed E-state index contributed by atoms with van der Waals surface area (Å²) in [6.07, 6.45) is 7.39. The third-order valence-corrected chi connectivity index (χ3v) is 7.54. The number of benzene rings is 2. The molecule has 0 atom stereocenters. The van der Waals surface area contributed by atoms with Gasteiger partial charge in [0.25, 0.3) is 0 Å². The van der Waals surface area contributed by atoms with Crippen molar-refractivity contribution in [1.29, 1.82) is 5.26 Å². The number of rotatable bonds is 13. The molecule has 2 aromatic rings. The maximum absolute atomic E-state index is 12.3. The average Bonchev–Trinajstić information content (AvgIpc) is 2.89. The van der Waals surface area contributed by atoms with Crippen LogP contribution in [0.4, 0.5) is 0 Å². The summed E-state index contributed by atoms with van der Waals surface area (Å²) in [6.45, 7) is 6.78. The van der Waals surface area contributed by atoms with Crippen molar-refractivity contribution in [1.82, 2.24) is 20.3 Å². The second kappa shape index (κ2) is 15.2. The standard InChI is InChI=1S/C27H38N6O3S/c1-23-10-12-26(13-11-23)37(34,35)32-16-15-30-27(31-22-28)29-14-3-6-19-36-25-9-7-8-24(20-25)21-33-17-4-2-5-18-33/h7-13,20,32H,2-6,14-19,21H2,1H3,(H2,29,30,31). The molecule has 0 spiro atoms. The van der Waals surface area contributed by atoms with E-state index in [-0.39, 0.29) is 18.0 Å². The summed E-state index contributed by atoms with van der Waals surface area (Å²) in [4.78, 5) is 7.09. The summed E-state index contributed by atoms with van der Waals surface area (Å²) in [6, 6.07) is 15.0. The van der Waals surface area contributed by atoms with Gasteiger partial charge in [-0.3, -0.25) is 15.2 Å². The molecule has 0 unspecified atom stereocenters. The number of piperidine rings is 1. The van der Waals surface area contributed by atoms with Crippen molar-refractivity contribution in [2.75, 3.05) is 39.3 Å². The third-order valence-electron chi connectivity index (χ3n) is 6.06. The first-order valence-electron chi connectivity index (χ1n) is 12.9. The van der Waals surface area contributed by atoms with Crippen molar-refractivity contribution in [3.63, 3.8) is 0 Å². The van der Waals surface area contributed by atoms with Crippen molar-refractivity contribution < 1.29 is 13.2 Å². The minimum atomic E-state index is -3.58. The minimum absolute atomic E-state index is 0.160. The van der Waals surface area contributed by atoms with Crippen LogP contribution in [0, 0.1) is 18.4 Å². The maximum Gasteiger partial charge on any atom is 0.240 e. The van der Waals surface area contributed by atoms with Crippen molar-refractivity contribution in [3.8, 4) is 11.9 Å². The van der Waals surface area contributed by atoms with Gasteiger partial charge in [0.1, 0.15) is 5.75 Å². The zero-order valence-corrected chi connectivity index (χ0v) is 22.4. The number of sulfonamides is 1. The van der Waals surface area contributed by atoms with Gasteiger partial charge in [0, 0.05) is 26.2 Å². The van der Waals surface area contributed by atoms with E-state index in [0.29, 0.717) is 19.1 Å². The number of unbranched alkanes of at least 4 members (excludes halogenated alkanes) is 1. The SMILES string of the molecule is Cc1ccc(S(=O)(=O)NCCNC(=NCCCCOc2cccc(CN3CCCCC3)c2)NC#N)cc1. The Hall–Kier alpha value is -3.13. The second-order valence-electron chi connectivity index (χ2n) is 9.14. The lowest BCUT2D eigenvalue weighted by molar-refractivity contribution is 0.220. The van der Waals surface area contributed by atoms with E-state index in [9.17, 15) is 8.42 Å². The molecule has 3 rings (SSSR count). The average molecular weight is 527 g/mol. The van der Waals surface area contributed by atoms with Crippen molar-refractivity contribution in [3.05, 3.63) is 59.7 Å². The lowest BCUT2D eigenvalue weighted by Gasteiger charge is -2.26. The second-order valence-corrected chi connectivity index (χ2v) is 10.9. The Labute approximate surface area is 221 Å². The first kappa shape index (κ1) is 28.4. The third kappa shape index (κ3) is 10.4. The van der Waals surface area contributed by atoms with Crippen LogP contribution >= 0.6 is 0 Å². The normalized spacial score (nSPS) is 14.6. The van der Waals surface area contributed by atoms with Gasteiger partial charge in [-0.15, -0.1) is 0 Å². The van der Waals surface area contributed by atoms with Crippen LogP contribution in [0.5, 0.6) is 5.75 Å². The molecule has 3 N–H and O–H groups in total. The van der Waals surface area contributed by atoms with Crippen LogP contribution < -0.4 is 20.1 Å². The Balaban J connectivity index is 1.33. The largest absolute Gasteiger partial charge is 0.494 e. The highest BCUT2D eigenvalue weighted by Crippen LogP contribution is 2.18. The number of aliphatic imine (C=N–C) groups is 1. The van der Waals surface area contributed by atoms with Crippen LogP contribution in [0.1, 0.15) is 43.2 Å². The Kier molecular flexibility index (Phi) is 11.7. The number of likely N-dealkylation sites (tertiary alicyclic amines) is 1. The molecule has 0 radical (unpaired) electrons. The Morgan fingerprint density at radius 1 is 1.08 bits per heavy atom. The van der Waals surface area contributed by atoms with Crippen LogP contribution in [-0.2, 0) is 16.6 Å². The van der Waals surface area contributed by atoms with Gasteiger partial charge < -0.3 is 10.1 Å². The quantitative estimate of drug-likeness (QED) is 0.121. The molecule has 200 valence electrons. The molecule has 0 saturated carbocycles. The number of nitrogens with zero attached hydrogens (tertiary/aromatic N) is 3. The molecule has 1 saturated heterocycles. The van der Waals surface area contributed by atoms with Gasteiger partial charge in [0.05, 0.1) is 11.5 Å². The highest BCUT2D eigenvalue weighted by molar-refractivity contribution is 7.89. The fourth-order valence-corrected chi connectivity index (χ4v) is 5.10. The summed E-state index contributed by atoms with van der Waals surface area (Å²) in [5.41, 5.74) is 2.27. The van der Waals surface area contributed by atoms with Crippen LogP contribution in [0.2, 0.25) is 0 Å². The van der Waals surface area contributed by atoms with E-state index in [1.807, 2.05) is 25.2 Å². The van der Waals surface area contributed by atoms with Gasteiger partial charge in [-0.2, -0.15) is 5.26 Å². The van der Waals surface area contributed by atoms with Crippen molar-refractivity contribution in [2.45, 2.75) is 50.5 Å². The zero-order chi connectivity index (χ0) is 26.3. The topological polar surface area (TPSA) is 119 Å². The molecule has 1 heterocycles. The smallest absolute Gasteiger partial charge is 0.240 e. The fourth-order valence-electron chi connectivity index (χ4n) is 4.06. The Morgan fingerprint density at radius 2 is 1.86 bits per heavy atom. The number of hydrogen-bond acceptors (Lipinski definition) is 6. The van der Waals surface area contributed by atoms with E-state index in [0.717, 1.165) is 30.7 Å². The minimum Gasteiger partial charge on any atom is -0.494 e. The van der Waals surface area contributed by atoms with Crippen LogP contribution in [-0.4, -0.2) is 58.6 Å². The monoisotopic (exact) mass is 526 g/mol. The molecule has 9 nitrogen and oxygen atoms in total. The number of nitriles is 1. The lowest BCUT2D eigenvalue weighted by Crippen LogP contribution is -2.40. The number of hydrogen-bond donors (Lipinski definition) is 3. The van der Waals surface area contributed by atoms with E-state index in [4.69, 9.17) is 10.00 Å². The molecular formula is C27H38N6O3S. The lowest BCUT2D eigenvalue weighted by atomic mass is 10.1. The molecular weight excluding hydrogens is 488 g/mol. The molecule has 1 aliphatic heterocycles. The fraction of sp³-hybridized carbons (Fsp3) is 0.481. The van der Waals surface area contributed by atoms with E-state index in [1.54, 1.807) is 24.3 Å². The molecule has 37 heavy (non-hydrogen) atoms. The molecule has 2 aromatic carbocycles. The highest BCUT2D eigenvalue weighted by atomic mass is 32.2. The van der Waals surface area contributed by atoms with Crippen molar-refractivity contribution in [2.24, 2.45) is 4.99 Å². The number of nitrogens with one attached hydrogen (secondary N) is 3. The van der Waals surface area contributed by atoms with Gasteiger partial charge in [-0.05, 0) is 75.5 Å². The molecule has 1 aliphatic rings. The zero-order valence-electron chi connectivity index (χ0n) is 21.6. The van der Waals surface area contributed by atoms with Gasteiger partial charge >= 0.3 is 0 Å². The molecule has 10 heteroatoms. The van der Waals surface area contributed by atoms with Gasteiger partial charge in [0.15, 0.2) is 6.19 Å². The summed E-state index contributed by atoms with van der Waals surface area (Å²) in [7, 11) is -3.58. The van der Waals surface area contributed by atoms with Gasteiger partial charge in [-0.25, -0.2) is 13.1 Å². The van der Waals surface area contributed by atoms with E-state index < -0.39 is 10.0 Å². The maximum atomic E-state index is 12.3. The Bertz CT molecular complexity index is 1140. The van der Waals surface area contributed by atoms with Crippen LogP contribution in [0.15, 0.2) is 58.4 Å². The van der Waals surface area contributed by atoms with E-state index in [2.05, 4.69) is 37.4 Å². The van der Waals surface area contributed by atoms with E-state index >= 15 is 0 Å². The Morgan fingerprint density at radius 3 is 2.62 bits per heavy atom. The summed E-state index contributed by atoms with van der Waals surface area (Å²) < 4.78 is 33.2. The first-order valence-corrected chi connectivity index (χ1v) is 14.4. The summed E-state index contributed by atoms with van der Waals surface area (Å²) >= 11 is 0. The number of ether oxygens (including phenoxy) is 1. The van der Waals surface area contributed by atoms with Crippen LogP contribution in [0.25, 0.3) is 0 Å². The van der Waals surface area contributed by atoms with Crippen LogP contribution in [0.3, 0.4) is 0 Å². The van der Waals surface area contributed by atoms with Gasteiger partial charge in [-0.1, -0.05) is 36.2 Å². The number of aryl methyl sites for hydroxylation is 1.